The molecule has 2 amide bonds. The van der Waals surface area contributed by atoms with Gasteiger partial charge in [-0.1, -0.05) is 53.5 Å². The predicted molar refractivity (Wildman–Crippen MR) is 117 cm³/mol. The Morgan fingerprint density at radius 3 is 2.69 bits per heavy atom. The first-order valence-corrected chi connectivity index (χ1v) is 10.7. The Hall–Kier alpha value is -2.41. The van der Waals surface area contributed by atoms with Crippen LogP contribution in [0.3, 0.4) is 0 Å². The van der Waals surface area contributed by atoms with Crippen LogP contribution in [-0.4, -0.2) is 34.3 Å². The summed E-state index contributed by atoms with van der Waals surface area (Å²) in [6, 6.07) is 14.0. The van der Waals surface area contributed by atoms with Crippen LogP contribution in [0, 0.1) is 0 Å². The molecule has 0 radical (unpaired) electrons. The minimum Gasteiger partial charge on any atom is -0.326 e. The van der Waals surface area contributed by atoms with Crippen molar-refractivity contribution >= 4 is 52.0 Å². The number of rotatable bonds is 4. The van der Waals surface area contributed by atoms with Crippen LogP contribution in [0.4, 0.5) is 5.69 Å². The SMILES string of the molecule is O=C(Nc1ccc(Cl)cc1Cl)[C@@H]1CCCN1C(=O)c1cnc(-c2ccccc2)s1. The molecule has 1 fully saturated rings. The molecule has 2 heterocycles. The zero-order chi connectivity index (χ0) is 20.4. The number of halogens is 2. The number of amides is 2. The summed E-state index contributed by atoms with van der Waals surface area (Å²) in [5.41, 5.74) is 1.44. The minimum atomic E-state index is -0.545. The molecule has 0 aliphatic carbocycles. The average Bonchev–Trinajstić information content (AvgIpc) is 3.40. The van der Waals surface area contributed by atoms with Gasteiger partial charge in [-0.05, 0) is 31.0 Å². The first-order valence-electron chi connectivity index (χ1n) is 9.11. The van der Waals surface area contributed by atoms with Crippen molar-refractivity contribution < 1.29 is 9.59 Å². The summed E-state index contributed by atoms with van der Waals surface area (Å²) in [6.07, 6.45) is 2.95. The number of aromatic nitrogens is 1. The van der Waals surface area contributed by atoms with Gasteiger partial charge < -0.3 is 10.2 Å². The number of hydrogen-bond donors (Lipinski definition) is 1. The van der Waals surface area contributed by atoms with E-state index in [0.717, 1.165) is 17.0 Å². The molecular weight excluding hydrogens is 429 g/mol. The number of hydrogen-bond acceptors (Lipinski definition) is 4. The fraction of sp³-hybridized carbons (Fsp3) is 0.190. The summed E-state index contributed by atoms with van der Waals surface area (Å²) in [4.78, 5) is 32.4. The van der Waals surface area contributed by atoms with Gasteiger partial charge in [0.05, 0.1) is 16.9 Å². The zero-order valence-corrected chi connectivity index (χ0v) is 17.6. The van der Waals surface area contributed by atoms with Gasteiger partial charge in [0.2, 0.25) is 5.91 Å². The van der Waals surface area contributed by atoms with Gasteiger partial charge in [-0.15, -0.1) is 11.3 Å². The van der Waals surface area contributed by atoms with Gasteiger partial charge in [-0.3, -0.25) is 9.59 Å². The molecular formula is C21H17Cl2N3O2S. The Morgan fingerprint density at radius 2 is 1.93 bits per heavy atom. The van der Waals surface area contributed by atoms with Gasteiger partial charge in [0.15, 0.2) is 0 Å². The van der Waals surface area contributed by atoms with Gasteiger partial charge >= 0.3 is 0 Å². The highest BCUT2D eigenvalue weighted by Gasteiger charge is 2.35. The lowest BCUT2D eigenvalue weighted by Gasteiger charge is -2.23. The Labute approximate surface area is 182 Å². The summed E-state index contributed by atoms with van der Waals surface area (Å²) in [5, 5.41) is 4.44. The number of benzene rings is 2. The molecule has 4 rings (SSSR count). The van der Waals surface area contributed by atoms with E-state index in [1.165, 1.54) is 11.3 Å². The van der Waals surface area contributed by atoms with E-state index >= 15 is 0 Å². The number of anilines is 1. The fourth-order valence-electron chi connectivity index (χ4n) is 3.32. The van der Waals surface area contributed by atoms with Crippen LogP contribution in [0.25, 0.3) is 10.6 Å². The molecule has 1 aliphatic heterocycles. The fourth-order valence-corrected chi connectivity index (χ4v) is 4.65. The molecule has 1 N–H and O–H groups in total. The molecule has 3 aromatic rings. The smallest absolute Gasteiger partial charge is 0.266 e. The van der Waals surface area contributed by atoms with E-state index in [0.29, 0.717) is 33.6 Å². The minimum absolute atomic E-state index is 0.176. The second kappa shape index (κ2) is 8.53. The molecule has 0 unspecified atom stereocenters. The number of nitrogens with one attached hydrogen (secondary N) is 1. The summed E-state index contributed by atoms with van der Waals surface area (Å²) < 4.78 is 0. The second-order valence-electron chi connectivity index (χ2n) is 6.67. The molecule has 29 heavy (non-hydrogen) atoms. The molecule has 8 heteroatoms. The normalized spacial score (nSPS) is 16.1. The highest BCUT2D eigenvalue weighted by Crippen LogP contribution is 2.30. The van der Waals surface area contributed by atoms with Crippen LogP contribution in [0.5, 0.6) is 0 Å². The van der Waals surface area contributed by atoms with Gasteiger partial charge in [-0.25, -0.2) is 4.98 Å². The maximum atomic E-state index is 13.0. The van der Waals surface area contributed by atoms with Gasteiger partial charge in [0.25, 0.3) is 5.91 Å². The van der Waals surface area contributed by atoms with Crippen molar-refractivity contribution in [3.05, 3.63) is 69.7 Å². The third-order valence-corrected chi connectivity index (χ3v) is 6.32. The van der Waals surface area contributed by atoms with Crippen molar-refractivity contribution in [2.45, 2.75) is 18.9 Å². The molecule has 1 atom stereocenters. The molecule has 148 valence electrons. The Bertz CT molecular complexity index is 1060. The zero-order valence-electron chi connectivity index (χ0n) is 15.3. The van der Waals surface area contributed by atoms with Crippen molar-refractivity contribution in [3.8, 4) is 10.6 Å². The molecule has 5 nitrogen and oxygen atoms in total. The Balaban J connectivity index is 1.50. The van der Waals surface area contributed by atoms with Crippen molar-refractivity contribution in [3.63, 3.8) is 0 Å². The molecule has 1 saturated heterocycles. The monoisotopic (exact) mass is 445 g/mol. The lowest BCUT2D eigenvalue weighted by Crippen LogP contribution is -2.43. The first kappa shape index (κ1) is 19.9. The standard InChI is InChI=1S/C21H17Cl2N3O2S/c22-14-8-9-16(15(23)11-14)25-19(27)17-7-4-10-26(17)21(28)18-12-24-20(29-18)13-5-2-1-3-6-13/h1-3,5-6,8-9,11-12,17H,4,7,10H2,(H,25,27)/t17-/m0/s1. The van der Waals surface area contributed by atoms with E-state index in [4.69, 9.17) is 23.2 Å². The van der Waals surface area contributed by atoms with E-state index in [-0.39, 0.29) is 11.8 Å². The van der Waals surface area contributed by atoms with Crippen molar-refractivity contribution in [2.75, 3.05) is 11.9 Å². The predicted octanol–water partition coefficient (Wildman–Crippen LogP) is 5.36. The van der Waals surface area contributed by atoms with E-state index in [1.54, 1.807) is 29.3 Å². The van der Waals surface area contributed by atoms with Gasteiger partial charge in [-0.2, -0.15) is 0 Å². The summed E-state index contributed by atoms with van der Waals surface area (Å²) in [5.74, 6) is -0.433. The largest absolute Gasteiger partial charge is 0.326 e. The van der Waals surface area contributed by atoms with Crippen LogP contribution >= 0.6 is 34.5 Å². The quantitative estimate of drug-likeness (QED) is 0.587. The van der Waals surface area contributed by atoms with Crippen LogP contribution in [0.1, 0.15) is 22.5 Å². The molecule has 1 aliphatic rings. The summed E-state index contributed by atoms with van der Waals surface area (Å²) in [7, 11) is 0. The summed E-state index contributed by atoms with van der Waals surface area (Å²) >= 11 is 13.4. The average molecular weight is 446 g/mol. The number of carbonyl (C=O) groups is 2. The highest BCUT2D eigenvalue weighted by atomic mass is 35.5. The third kappa shape index (κ3) is 4.29. The van der Waals surface area contributed by atoms with E-state index in [9.17, 15) is 9.59 Å². The topological polar surface area (TPSA) is 62.3 Å². The Morgan fingerprint density at radius 1 is 1.14 bits per heavy atom. The highest BCUT2D eigenvalue weighted by molar-refractivity contribution is 7.16. The van der Waals surface area contributed by atoms with Crippen LogP contribution < -0.4 is 5.32 Å². The maximum absolute atomic E-state index is 13.0. The van der Waals surface area contributed by atoms with Crippen molar-refractivity contribution in [1.29, 1.82) is 0 Å². The number of likely N-dealkylation sites (tertiary alicyclic amines) is 1. The van der Waals surface area contributed by atoms with Crippen molar-refractivity contribution in [1.82, 2.24) is 9.88 Å². The third-order valence-electron chi connectivity index (χ3n) is 4.74. The molecule has 0 bridgehead atoms. The van der Waals surface area contributed by atoms with Crippen molar-refractivity contribution in [2.24, 2.45) is 0 Å². The van der Waals surface area contributed by atoms with Crippen LogP contribution in [0.2, 0.25) is 10.0 Å². The number of nitrogens with zero attached hydrogens (tertiary/aromatic N) is 2. The molecule has 2 aromatic carbocycles. The molecule has 1 aromatic heterocycles. The molecule has 0 spiro atoms. The maximum Gasteiger partial charge on any atom is 0.266 e. The lowest BCUT2D eigenvalue weighted by molar-refractivity contribution is -0.119. The van der Waals surface area contributed by atoms with Crippen LogP contribution in [0.15, 0.2) is 54.7 Å². The number of thiazole rings is 1. The molecule has 0 saturated carbocycles. The second-order valence-corrected chi connectivity index (χ2v) is 8.54. The Kier molecular flexibility index (Phi) is 5.85. The van der Waals surface area contributed by atoms with Gasteiger partial charge in [0, 0.05) is 17.1 Å². The first-order chi connectivity index (χ1) is 14.0. The lowest BCUT2D eigenvalue weighted by atomic mass is 10.2. The van der Waals surface area contributed by atoms with Crippen LogP contribution in [-0.2, 0) is 4.79 Å². The van der Waals surface area contributed by atoms with E-state index in [1.807, 2.05) is 30.3 Å². The van der Waals surface area contributed by atoms with E-state index < -0.39 is 6.04 Å². The number of carbonyl (C=O) groups excluding carboxylic acids is 2. The van der Waals surface area contributed by atoms with E-state index in [2.05, 4.69) is 10.3 Å². The summed E-state index contributed by atoms with van der Waals surface area (Å²) in [6.45, 7) is 0.532. The van der Waals surface area contributed by atoms with Gasteiger partial charge in [0.1, 0.15) is 15.9 Å².